The molecule has 3 aromatic carbocycles. The van der Waals surface area contributed by atoms with Crippen LogP contribution in [0.2, 0.25) is 10.0 Å². The summed E-state index contributed by atoms with van der Waals surface area (Å²) < 4.78 is 1.69. The molecule has 0 bridgehead atoms. The van der Waals surface area contributed by atoms with Gasteiger partial charge in [-0.2, -0.15) is 4.98 Å². The van der Waals surface area contributed by atoms with Gasteiger partial charge in [-0.25, -0.2) is 4.68 Å². The first-order valence-electron chi connectivity index (χ1n) is 11.4. The number of rotatable bonds is 5. The highest BCUT2D eigenvalue weighted by Gasteiger charge is 2.36. The Hall–Kier alpha value is -3.81. The Morgan fingerprint density at radius 2 is 1.72 bits per heavy atom. The first kappa shape index (κ1) is 23.9. The van der Waals surface area contributed by atoms with E-state index in [0.29, 0.717) is 44.3 Å². The number of hydrogen-bond acceptors (Lipinski definition) is 5. The van der Waals surface area contributed by atoms with Crippen molar-refractivity contribution < 1.29 is 4.79 Å². The van der Waals surface area contributed by atoms with Crippen molar-refractivity contribution in [3.05, 3.63) is 99.7 Å². The molecule has 0 aliphatic carbocycles. The Morgan fingerprint density at radius 1 is 1.00 bits per heavy atom. The largest absolute Gasteiger partial charge is 0.378 e. The van der Waals surface area contributed by atoms with Gasteiger partial charge in [0.05, 0.1) is 15.6 Å². The number of carbonyl (C=O) groups excluding carboxylic acids is 1. The molecule has 2 heterocycles. The standard InChI is InChI=1S/C27H24Cl2N6O/c1-16-22(26(36)31-18-8-5-4-6-9-18)24(20-10-7-11-21(28)23(20)29)35-27(30-16)32-25(33-35)17-12-14-19(15-13-17)34(2)3/h4-15,24H,1-3H3,(H,31,36)(H,30,32,33). The van der Waals surface area contributed by atoms with Gasteiger partial charge in [-0.1, -0.05) is 53.5 Å². The highest BCUT2D eigenvalue weighted by atomic mass is 35.5. The highest BCUT2D eigenvalue weighted by Crippen LogP contribution is 2.41. The van der Waals surface area contributed by atoms with E-state index in [1.165, 1.54) is 0 Å². The minimum absolute atomic E-state index is 0.273. The monoisotopic (exact) mass is 518 g/mol. The van der Waals surface area contributed by atoms with Crippen molar-refractivity contribution in [2.24, 2.45) is 0 Å². The van der Waals surface area contributed by atoms with Crippen molar-refractivity contribution in [1.82, 2.24) is 14.8 Å². The molecule has 36 heavy (non-hydrogen) atoms. The van der Waals surface area contributed by atoms with Gasteiger partial charge >= 0.3 is 0 Å². The average Bonchev–Trinajstić information content (AvgIpc) is 3.29. The number of aromatic nitrogens is 3. The first-order valence-corrected chi connectivity index (χ1v) is 12.1. The summed E-state index contributed by atoms with van der Waals surface area (Å²) in [5.74, 6) is 0.769. The van der Waals surface area contributed by atoms with E-state index in [1.807, 2.05) is 92.6 Å². The van der Waals surface area contributed by atoms with Crippen LogP contribution in [0, 0.1) is 0 Å². The fourth-order valence-corrected chi connectivity index (χ4v) is 4.63. The van der Waals surface area contributed by atoms with Crippen LogP contribution in [0.3, 0.4) is 0 Å². The van der Waals surface area contributed by atoms with E-state index in [9.17, 15) is 4.79 Å². The van der Waals surface area contributed by atoms with Crippen LogP contribution in [-0.4, -0.2) is 34.8 Å². The second-order valence-electron chi connectivity index (χ2n) is 8.67. The van der Waals surface area contributed by atoms with Crippen molar-refractivity contribution in [1.29, 1.82) is 0 Å². The number of anilines is 3. The van der Waals surface area contributed by atoms with Crippen molar-refractivity contribution in [3.63, 3.8) is 0 Å². The van der Waals surface area contributed by atoms with Gasteiger partial charge in [-0.15, -0.1) is 5.10 Å². The van der Waals surface area contributed by atoms with Crippen molar-refractivity contribution in [2.45, 2.75) is 13.0 Å². The van der Waals surface area contributed by atoms with Crippen LogP contribution in [0.25, 0.3) is 11.4 Å². The lowest BCUT2D eigenvalue weighted by atomic mass is 9.95. The van der Waals surface area contributed by atoms with Gasteiger partial charge in [0.15, 0.2) is 5.82 Å². The normalized spacial score (nSPS) is 14.8. The number of nitrogens with one attached hydrogen (secondary N) is 2. The molecular weight excluding hydrogens is 495 g/mol. The quantitative estimate of drug-likeness (QED) is 0.326. The lowest BCUT2D eigenvalue weighted by molar-refractivity contribution is -0.113. The predicted molar refractivity (Wildman–Crippen MR) is 146 cm³/mol. The van der Waals surface area contributed by atoms with E-state index in [2.05, 4.69) is 10.6 Å². The minimum atomic E-state index is -0.640. The summed E-state index contributed by atoms with van der Waals surface area (Å²) in [7, 11) is 3.98. The van der Waals surface area contributed by atoms with E-state index in [0.717, 1.165) is 11.3 Å². The number of fused-ring (bicyclic) bond motifs is 1. The molecule has 9 heteroatoms. The molecule has 0 spiro atoms. The second-order valence-corrected chi connectivity index (χ2v) is 9.46. The minimum Gasteiger partial charge on any atom is -0.378 e. The number of nitrogens with zero attached hydrogens (tertiary/aromatic N) is 4. The number of halogens is 2. The van der Waals surface area contributed by atoms with E-state index >= 15 is 0 Å². The zero-order chi connectivity index (χ0) is 25.4. The SMILES string of the molecule is CC1=C(C(=O)Nc2ccccc2)C(c2cccc(Cl)c2Cl)n2nc(-c3ccc(N(C)C)cc3)nc2N1. The van der Waals surface area contributed by atoms with Crippen molar-refractivity contribution >= 4 is 46.4 Å². The van der Waals surface area contributed by atoms with Gasteiger partial charge < -0.3 is 15.5 Å². The maximum atomic E-state index is 13.6. The summed E-state index contributed by atoms with van der Waals surface area (Å²) in [4.78, 5) is 20.4. The Kier molecular flexibility index (Phi) is 6.43. The van der Waals surface area contributed by atoms with Gasteiger partial charge in [0.2, 0.25) is 5.95 Å². The summed E-state index contributed by atoms with van der Waals surface area (Å²) in [6.07, 6.45) is 0. The van der Waals surface area contributed by atoms with Crippen LogP contribution < -0.4 is 15.5 Å². The molecule has 1 unspecified atom stereocenters. The Morgan fingerprint density at radius 3 is 2.42 bits per heavy atom. The van der Waals surface area contributed by atoms with Crippen LogP contribution in [0.1, 0.15) is 18.5 Å². The fraction of sp³-hybridized carbons (Fsp3) is 0.148. The molecule has 0 saturated heterocycles. The first-order chi connectivity index (χ1) is 17.3. The van der Waals surface area contributed by atoms with Crippen LogP contribution in [0.15, 0.2) is 84.1 Å². The number of benzene rings is 3. The van der Waals surface area contributed by atoms with Crippen LogP contribution in [-0.2, 0) is 4.79 Å². The van der Waals surface area contributed by atoms with Crippen LogP contribution >= 0.6 is 23.2 Å². The third-order valence-corrected chi connectivity index (χ3v) is 6.88. The highest BCUT2D eigenvalue weighted by molar-refractivity contribution is 6.42. The molecule has 5 rings (SSSR count). The maximum Gasteiger partial charge on any atom is 0.255 e. The smallest absolute Gasteiger partial charge is 0.255 e. The number of carbonyl (C=O) groups is 1. The maximum absolute atomic E-state index is 13.6. The Labute approximate surface area is 219 Å². The molecule has 4 aromatic rings. The summed E-state index contributed by atoms with van der Waals surface area (Å²) >= 11 is 13.1. The van der Waals surface area contributed by atoms with E-state index < -0.39 is 6.04 Å². The van der Waals surface area contributed by atoms with Gasteiger partial charge in [0, 0.05) is 42.3 Å². The molecule has 182 valence electrons. The van der Waals surface area contributed by atoms with Crippen molar-refractivity contribution in [2.75, 3.05) is 29.6 Å². The summed E-state index contributed by atoms with van der Waals surface area (Å²) in [5, 5.41) is 11.8. The van der Waals surface area contributed by atoms with E-state index in [-0.39, 0.29) is 5.91 Å². The average molecular weight is 519 g/mol. The summed E-state index contributed by atoms with van der Waals surface area (Å²) in [6, 6.07) is 22.0. The molecule has 1 amide bonds. The zero-order valence-electron chi connectivity index (χ0n) is 20.0. The predicted octanol–water partition coefficient (Wildman–Crippen LogP) is 6.25. The number of para-hydroxylation sites is 1. The van der Waals surface area contributed by atoms with Gasteiger partial charge in [0.25, 0.3) is 5.91 Å². The molecule has 2 N–H and O–H groups in total. The van der Waals surface area contributed by atoms with Crippen LogP contribution in [0.4, 0.5) is 17.3 Å². The lowest BCUT2D eigenvalue weighted by Gasteiger charge is -2.29. The van der Waals surface area contributed by atoms with Crippen LogP contribution in [0.5, 0.6) is 0 Å². The van der Waals surface area contributed by atoms with E-state index in [1.54, 1.807) is 10.7 Å². The molecule has 1 aliphatic rings. The topological polar surface area (TPSA) is 75.1 Å². The molecular formula is C27H24Cl2N6O. The molecule has 0 radical (unpaired) electrons. The van der Waals surface area contributed by atoms with Gasteiger partial charge in [-0.05, 0) is 49.4 Å². The Balaban J connectivity index is 1.61. The third kappa shape index (κ3) is 4.43. The number of hydrogen-bond donors (Lipinski definition) is 2. The summed E-state index contributed by atoms with van der Waals surface area (Å²) in [6.45, 7) is 1.84. The van der Waals surface area contributed by atoms with E-state index in [4.69, 9.17) is 33.3 Å². The third-order valence-electron chi connectivity index (χ3n) is 6.05. The molecule has 0 saturated carbocycles. The Bertz CT molecular complexity index is 1460. The molecule has 0 fully saturated rings. The molecule has 1 atom stereocenters. The lowest BCUT2D eigenvalue weighted by Crippen LogP contribution is -2.31. The summed E-state index contributed by atoms with van der Waals surface area (Å²) in [5.41, 5.74) is 4.39. The number of allylic oxidation sites excluding steroid dienone is 1. The second kappa shape index (κ2) is 9.68. The molecule has 1 aromatic heterocycles. The fourth-order valence-electron chi connectivity index (χ4n) is 4.22. The molecule has 7 nitrogen and oxygen atoms in total. The molecule has 1 aliphatic heterocycles. The number of amides is 1. The van der Waals surface area contributed by atoms with Gasteiger partial charge in [0.1, 0.15) is 6.04 Å². The van der Waals surface area contributed by atoms with Gasteiger partial charge in [-0.3, -0.25) is 4.79 Å². The zero-order valence-corrected chi connectivity index (χ0v) is 21.5. The van der Waals surface area contributed by atoms with Crippen molar-refractivity contribution in [3.8, 4) is 11.4 Å².